The van der Waals surface area contributed by atoms with E-state index in [1.54, 1.807) is 0 Å². The van der Waals surface area contributed by atoms with E-state index in [2.05, 4.69) is 19.6 Å². The van der Waals surface area contributed by atoms with Crippen LogP contribution in [0.4, 0.5) is 0 Å². The second-order valence-corrected chi connectivity index (χ2v) is 10.9. The van der Waals surface area contributed by atoms with Crippen LogP contribution >= 0.6 is 23.2 Å². The summed E-state index contributed by atoms with van der Waals surface area (Å²) in [4.78, 5) is 0. The van der Waals surface area contributed by atoms with Crippen molar-refractivity contribution in [3.63, 3.8) is 0 Å². The highest BCUT2D eigenvalue weighted by atomic mass is 35.5. The molecule has 0 aromatic carbocycles. The lowest BCUT2D eigenvalue weighted by molar-refractivity contribution is 1.28. The van der Waals surface area contributed by atoms with Gasteiger partial charge in [0.25, 0.3) is 0 Å². The Morgan fingerprint density at radius 2 is 1.67 bits per heavy atom. The van der Waals surface area contributed by atoms with Crippen LogP contribution in [0.2, 0.25) is 25.2 Å². The lowest BCUT2D eigenvalue weighted by atomic mass is 10.9. The zero-order valence-electron chi connectivity index (χ0n) is 6.04. The van der Waals surface area contributed by atoms with Gasteiger partial charge in [0, 0.05) is 0 Å². The fourth-order valence-corrected chi connectivity index (χ4v) is 5.89. The van der Waals surface area contributed by atoms with Gasteiger partial charge >= 0.3 is 0 Å². The molecule has 0 aromatic heterocycles. The standard InChI is InChI=1S/C6H12Cl2Si/c1-9(2,3)5-4-6(5,7)8/h5H,4H2,1-3H3. The highest BCUT2D eigenvalue weighted by Crippen LogP contribution is 2.62. The first-order chi connectivity index (χ1) is 3.84. The Labute approximate surface area is 67.5 Å². The van der Waals surface area contributed by atoms with Gasteiger partial charge in [0.15, 0.2) is 0 Å². The molecule has 0 bridgehead atoms. The third-order valence-electron chi connectivity index (χ3n) is 1.87. The van der Waals surface area contributed by atoms with Crippen LogP contribution in [0, 0.1) is 0 Å². The summed E-state index contributed by atoms with van der Waals surface area (Å²) >= 11 is 11.8. The van der Waals surface area contributed by atoms with E-state index < -0.39 is 8.07 Å². The topological polar surface area (TPSA) is 0 Å². The summed E-state index contributed by atoms with van der Waals surface area (Å²) in [5, 5.41) is 0. The molecule has 1 aliphatic carbocycles. The molecule has 54 valence electrons. The van der Waals surface area contributed by atoms with Gasteiger partial charge in [-0.15, -0.1) is 23.2 Å². The average molecular weight is 183 g/mol. The molecule has 1 fully saturated rings. The van der Waals surface area contributed by atoms with Crippen molar-refractivity contribution in [3.05, 3.63) is 0 Å². The molecule has 0 saturated heterocycles. The van der Waals surface area contributed by atoms with Gasteiger partial charge in [-0.25, -0.2) is 0 Å². The highest BCUT2D eigenvalue weighted by Gasteiger charge is 2.57. The van der Waals surface area contributed by atoms with Gasteiger partial charge in [-0.1, -0.05) is 19.6 Å². The largest absolute Gasteiger partial charge is 0.119 e. The molecule has 1 rings (SSSR count). The van der Waals surface area contributed by atoms with E-state index in [1.807, 2.05) is 0 Å². The summed E-state index contributed by atoms with van der Waals surface area (Å²) in [5.41, 5.74) is 0.633. The van der Waals surface area contributed by atoms with Crippen LogP contribution in [-0.4, -0.2) is 12.4 Å². The van der Waals surface area contributed by atoms with E-state index in [9.17, 15) is 0 Å². The maximum absolute atomic E-state index is 5.89. The summed E-state index contributed by atoms with van der Waals surface area (Å²) in [5.74, 6) is 0. The zero-order valence-corrected chi connectivity index (χ0v) is 8.55. The van der Waals surface area contributed by atoms with Crippen molar-refractivity contribution in [3.8, 4) is 0 Å². The Bertz CT molecular complexity index is 126. The monoisotopic (exact) mass is 182 g/mol. The number of hydrogen-bond acceptors (Lipinski definition) is 0. The molecule has 1 unspecified atom stereocenters. The number of rotatable bonds is 1. The molecule has 0 spiro atoms. The van der Waals surface area contributed by atoms with E-state index in [4.69, 9.17) is 23.2 Å². The molecule has 0 N–H and O–H groups in total. The predicted octanol–water partition coefficient (Wildman–Crippen LogP) is 3.27. The normalized spacial score (nSPS) is 32.3. The molecule has 1 atom stereocenters. The fourth-order valence-electron chi connectivity index (χ4n) is 1.15. The minimum Gasteiger partial charge on any atom is -0.102 e. The van der Waals surface area contributed by atoms with Crippen molar-refractivity contribution >= 4 is 31.3 Å². The van der Waals surface area contributed by atoms with Gasteiger partial charge in [0.05, 0.1) is 8.07 Å². The van der Waals surface area contributed by atoms with Crippen LogP contribution < -0.4 is 0 Å². The average Bonchev–Trinajstić information content (AvgIpc) is 2.10. The van der Waals surface area contributed by atoms with Gasteiger partial charge in [-0.2, -0.15) is 0 Å². The zero-order chi connectivity index (χ0) is 7.28. The molecule has 1 saturated carbocycles. The van der Waals surface area contributed by atoms with E-state index in [1.165, 1.54) is 0 Å². The molecule has 3 heteroatoms. The van der Waals surface area contributed by atoms with Gasteiger partial charge in [0.2, 0.25) is 0 Å². The first kappa shape index (κ1) is 7.90. The SMILES string of the molecule is C[Si](C)(C)C1CC1(Cl)Cl. The van der Waals surface area contributed by atoms with Crippen molar-refractivity contribution in [2.45, 2.75) is 35.9 Å². The smallest absolute Gasteiger partial charge is 0.102 e. The van der Waals surface area contributed by atoms with E-state index in [0.717, 1.165) is 6.42 Å². The van der Waals surface area contributed by atoms with Crippen LogP contribution in [0.3, 0.4) is 0 Å². The molecule has 1 aliphatic rings. The third kappa shape index (κ3) is 1.63. The van der Waals surface area contributed by atoms with Gasteiger partial charge in [-0.3, -0.25) is 0 Å². The van der Waals surface area contributed by atoms with Crippen LogP contribution in [-0.2, 0) is 0 Å². The van der Waals surface area contributed by atoms with Crippen LogP contribution in [0.25, 0.3) is 0 Å². The van der Waals surface area contributed by atoms with Crippen LogP contribution in [0.15, 0.2) is 0 Å². The predicted molar refractivity (Wildman–Crippen MR) is 46.2 cm³/mol. The molecule has 0 radical (unpaired) electrons. The number of halogens is 2. The molecule has 0 heterocycles. The number of hydrogen-bond donors (Lipinski definition) is 0. The summed E-state index contributed by atoms with van der Waals surface area (Å²) in [6.07, 6.45) is 1.02. The number of alkyl halides is 2. The highest BCUT2D eigenvalue weighted by molar-refractivity contribution is 6.82. The Hall–Kier alpha value is 0.797. The van der Waals surface area contributed by atoms with Crippen LogP contribution in [0.1, 0.15) is 6.42 Å². The van der Waals surface area contributed by atoms with Crippen molar-refractivity contribution in [1.82, 2.24) is 0 Å². The van der Waals surface area contributed by atoms with Crippen molar-refractivity contribution in [1.29, 1.82) is 0 Å². The lowest BCUT2D eigenvalue weighted by Gasteiger charge is -2.15. The lowest BCUT2D eigenvalue weighted by Crippen LogP contribution is -2.22. The van der Waals surface area contributed by atoms with Crippen molar-refractivity contribution < 1.29 is 0 Å². The molecular weight excluding hydrogens is 171 g/mol. The molecule has 0 nitrogen and oxygen atoms in total. The molecular formula is C6H12Cl2Si. The second kappa shape index (κ2) is 1.90. The molecule has 0 amide bonds. The van der Waals surface area contributed by atoms with Gasteiger partial charge in [-0.05, 0) is 12.0 Å². The first-order valence-corrected chi connectivity index (χ1v) is 7.55. The fraction of sp³-hybridized carbons (Fsp3) is 1.00. The minimum absolute atomic E-state index is 0.343. The summed E-state index contributed by atoms with van der Waals surface area (Å²) in [6.45, 7) is 6.93. The molecule has 9 heavy (non-hydrogen) atoms. The van der Waals surface area contributed by atoms with E-state index in [0.29, 0.717) is 5.54 Å². The van der Waals surface area contributed by atoms with E-state index >= 15 is 0 Å². The third-order valence-corrected chi connectivity index (χ3v) is 5.86. The summed E-state index contributed by atoms with van der Waals surface area (Å²) in [7, 11) is -1.02. The summed E-state index contributed by atoms with van der Waals surface area (Å²) < 4.78 is -0.343. The Kier molecular flexibility index (Phi) is 1.66. The van der Waals surface area contributed by atoms with Gasteiger partial charge < -0.3 is 0 Å². The maximum Gasteiger partial charge on any atom is 0.119 e. The quantitative estimate of drug-likeness (QED) is 0.432. The maximum atomic E-state index is 5.89. The Balaban J connectivity index is 2.52. The molecule has 0 aromatic rings. The van der Waals surface area contributed by atoms with E-state index in [-0.39, 0.29) is 4.33 Å². The van der Waals surface area contributed by atoms with Crippen LogP contribution in [0.5, 0.6) is 0 Å². The Morgan fingerprint density at radius 1 is 1.33 bits per heavy atom. The minimum atomic E-state index is -1.02. The molecule has 0 aliphatic heterocycles. The first-order valence-electron chi connectivity index (χ1n) is 3.22. The van der Waals surface area contributed by atoms with Gasteiger partial charge in [0.1, 0.15) is 4.33 Å². The second-order valence-electron chi connectivity index (χ2n) is 3.88. The summed E-state index contributed by atoms with van der Waals surface area (Å²) in [6, 6.07) is 0. The van der Waals surface area contributed by atoms with Crippen molar-refractivity contribution in [2.75, 3.05) is 0 Å². The van der Waals surface area contributed by atoms with Crippen molar-refractivity contribution in [2.24, 2.45) is 0 Å². The Morgan fingerprint density at radius 3 is 1.67 bits per heavy atom.